The van der Waals surface area contributed by atoms with E-state index < -0.39 is 0 Å². The third kappa shape index (κ3) is 3.60. The number of benzene rings is 1. The van der Waals surface area contributed by atoms with Gasteiger partial charge in [0.05, 0.1) is 11.5 Å². The van der Waals surface area contributed by atoms with Gasteiger partial charge < -0.3 is 14.9 Å². The van der Waals surface area contributed by atoms with Crippen molar-refractivity contribution in [2.75, 3.05) is 24.5 Å². The van der Waals surface area contributed by atoms with Gasteiger partial charge >= 0.3 is 0 Å². The molecule has 3 aliphatic rings. The molecule has 2 saturated heterocycles. The average molecular weight is 406 g/mol. The highest BCUT2D eigenvalue weighted by atomic mass is 16.3. The van der Waals surface area contributed by atoms with Crippen LogP contribution in [0.15, 0.2) is 48.7 Å². The van der Waals surface area contributed by atoms with Crippen molar-refractivity contribution in [1.29, 1.82) is 0 Å². The number of aromatic nitrogens is 1. The molecule has 5 rings (SSSR count). The van der Waals surface area contributed by atoms with Crippen molar-refractivity contribution in [3.05, 3.63) is 48.7 Å². The summed E-state index contributed by atoms with van der Waals surface area (Å²) in [6.07, 6.45) is 8.26. The molecule has 0 bridgehead atoms. The molecule has 30 heavy (non-hydrogen) atoms. The number of aliphatic hydroxyl groups excluding tert-OH is 1. The number of carbonyl (C=O) groups excluding carboxylic acids is 1. The van der Waals surface area contributed by atoms with E-state index in [0.29, 0.717) is 11.9 Å². The molecule has 1 saturated carbocycles. The lowest BCUT2D eigenvalue weighted by atomic mass is 9.78. The van der Waals surface area contributed by atoms with Crippen molar-refractivity contribution in [2.45, 2.75) is 57.1 Å². The predicted octanol–water partition coefficient (Wildman–Crippen LogP) is 3.87. The number of rotatable bonds is 3. The molecule has 1 aromatic heterocycles. The van der Waals surface area contributed by atoms with Gasteiger partial charge in [-0.3, -0.25) is 4.79 Å². The monoisotopic (exact) mass is 405 g/mol. The van der Waals surface area contributed by atoms with Crippen molar-refractivity contribution in [1.82, 2.24) is 9.88 Å². The van der Waals surface area contributed by atoms with E-state index in [1.165, 1.54) is 5.56 Å². The first-order chi connectivity index (χ1) is 14.6. The highest BCUT2D eigenvalue weighted by molar-refractivity contribution is 5.86. The summed E-state index contributed by atoms with van der Waals surface area (Å²) in [4.78, 5) is 22.7. The Balaban J connectivity index is 1.29. The summed E-state index contributed by atoms with van der Waals surface area (Å²) in [6.45, 7) is 2.60. The second kappa shape index (κ2) is 8.03. The molecule has 158 valence electrons. The Morgan fingerprint density at radius 2 is 1.73 bits per heavy atom. The number of nitrogens with zero attached hydrogens (tertiary/aromatic N) is 3. The largest absolute Gasteiger partial charge is 0.393 e. The zero-order valence-corrected chi connectivity index (χ0v) is 17.5. The minimum Gasteiger partial charge on any atom is -0.393 e. The quantitative estimate of drug-likeness (QED) is 0.842. The topological polar surface area (TPSA) is 56.7 Å². The van der Waals surface area contributed by atoms with Crippen molar-refractivity contribution >= 4 is 11.7 Å². The van der Waals surface area contributed by atoms with Crippen LogP contribution in [0.2, 0.25) is 0 Å². The normalized spacial score (nSPS) is 29.6. The fraction of sp³-hybridized carbons (Fsp3) is 0.520. The molecular weight excluding hydrogens is 374 g/mol. The van der Waals surface area contributed by atoms with Crippen LogP contribution in [0.25, 0.3) is 11.1 Å². The number of pyridine rings is 1. The van der Waals surface area contributed by atoms with Crippen molar-refractivity contribution < 1.29 is 9.90 Å². The molecule has 1 spiro atoms. The van der Waals surface area contributed by atoms with Gasteiger partial charge in [0, 0.05) is 37.4 Å². The van der Waals surface area contributed by atoms with Crippen LogP contribution >= 0.6 is 0 Å². The summed E-state index contributed by atoms with van der Waals surface area (Å²) >= 11 is 0. The number of carbonyl (C=O) groups is 1. The molecule has 1 atom stereocenters. The maximum atomic E-state index is 13.5. The van der Waals surface area contributed by atoms with Crippen LogP contribution in [-0.4, -0.2) is 52.7 Å². The van der Waals surface area contributed by atoms with Crippen LogP contribution in [0, 0.1) is 5.41 Å². The fourth-order valence-corrected chi connectivity index (χ4v) is 5.65. The molecule has 0 radical (unpaired) electrons. The third-order valence-corrected chi connectivity index (χ3v) is 7.41. The van der Waals surface area contributed by atoms with Gasteiger partial charge in [0.1, 0.15) is 5.82 Å². The number of anilines is 1. The Labute approximate surface area is 178 Å². The SMILES string of the molecule is O=C1N(C2CCC(O)CC2)CC[C@@]12CCCN(c1ccc(-c3ccccc3)cn1)C2. The predicted molar refractivity (Wildman–Crippen MR) is 118 cm³/mol. The lowest BCUT2D eigenvalue weighted by molar-refractivity contribution is -0.139. The van der Waals surface area contributed by atoms with Crippen LogP contribution in [0.1, 0.15) is 44.9 Å². The molecule has 5 nitrogen and oxygen atoms in total. The van der Waals surface area contributed by atoms with Crippen LogP contribution in [0.4, 0.5) is 5.82 Å². The number of hydrogen-bond acceptors (Lipinski definition) is 4. The Kier molecular flexibility index (Phi) is 5.23. The summed E-state index contributed by atoms with van der Waals surface area (Å²) < 4.78 is 0. The third-order valence-electron chi connectivity index (χ3n) is 7.41. The summed E-state index contributed by atoms with van der Waals surface area (Å²) in [7, 11) is 0. The number of likely N-dealkylation sites (tertiary alicyclic amines) is 1. The van der Waals surface area contributed by atoms with E-state index in [9.17, 15) is 9.90 Å². The number of amides is 1. The summed E-state index contributed by atoms with van der Waals surface area (Å²) in [5, 5.41) is 9.81. The van der Waals surface area contributed by atoms with E-state index in [1.807, 2.05) is 24.4 Å². The second-order valence-corrected chi connectivity index (χ2v) is 9.29. The molecule has 1 aromatic carbocycles. The van der Waals surface area contributed by atoms with Crippen molar-refractivity contribution in [3.8, 4) is 11.1 Å². The maximum absolute atomic E-state index is 13.5. The minimum absolute atomic E-state index is 0.178. The highest BCUT2D eigenvalue weighted by Crippen LogP contribution is 2.43. The van der Waals surface area contributed by atoms with Gasteiger partial charge in [0.25, 0.3) is 0 Å². The fourth-order valence-electron chi connectivity index (χ4n) is 5.65. The maximum Gasteiger partial charge on any atom is 0.230 e. The summed E-state index contributed by atoms with van der Waals surface area (Å²) in [5.41, 5.74) is 2.04. The molecule has 5 heteroatoms. The Morgan fingerprint density at radius 1 is 0.933 bits per heavy atom. The van der Waals surface area contributed by atoms with Gasteiger partial charge in [-0.25, -0.2) is 4.98 Å². The molecule has 1 aliphatic carbocycles. The van der Waals surface area contributed by atoms with Crippen molar-refractivity contribution in [3.63, 3.8) is 0 Å². The van der Waals surface area contributed by atoms with Gasteiger partial charge in [0.2, 0.25) is 5.91 Å². The Bertz CT molecular complexity index is 877. The van der Waals surface area contributed by atoms with Gasteiger partial charge in [0.15, 0.2) is 0 Å². The average Bonchev–Trinajstić information content (AvgIpc) is 3.10. The number of piperidine rings is 1. The zero-order valence-electron chi connectivity index (χ0n) is 17.5. The van der Waals surface area contributed by atoms with E-state index in [1.54, 1.807) is 0 Å². The van der Waals surface area contributed by atoms with Gasteiger partial charge in [-0.1, -0.05) is 30.3 Å². The zero-order chi connectivity index (χ0) is 20.6. The molecule has 2 aromatic rings. The minimum atomic E-state index is -0.256. The first-order valence-electron chi connectivity index (χ1n) is 11.4. The molecule has 1 N–H and O–H groups in total. The van der Waals surface area contributed by atoms with E-state index in [4.69, 9.17) is 4.98 Å². The molecular formula is C25H31N3O2. The van der Waals surface area contributed by atoms with E-state index in [-0.39, 0.29) is 11.5 Å². The first kappa shape index (κ1) is 19.6. The lowest BCUT2D eigenvalue weighted by Crippen LogP contribution is -2.50. The second-order valence-electron chi connectivity index (χ2n) is 9.29. The van der Waals surface area contributed by atoms with Crippen LogP contribution in [0.5, 0.6) is 0 Å². The van der Waals surface area contributed by atoms with Crippen LogP contribution in [0.3, 0.4) is 0 Å². The van der Waals surface area contributed by atoms with Crippen LogP contribution < -0.4 is 4.90 Å². The number of hydrogen-bond donors (Lipinski definition) is 1. The lowest BCUT2D eigenvalue weighted by Gasteiger charge is -2.41. The standard InChI is InChI=1S/C25H31N3O2/c29-22-10-8-21(9-11-22)28-16-14-25(24(28)30)13-4-15-27(18-25)23-12-7-20(17-26-23)19-5-2-1-3-6-19/h1-3,5-7,12,17,21-22,29H,4,8-11,13-16,18H2/t21?,22?,25-/m1/s1. The van der Waals surface area contributed by atoms with Gasteiger partial charge in [-0.15, -0.1) is 0 Å². The van der Waals surface area contributed by atoms with Crippen molar-refractivity contribution in [2.24, 2.45) is 5.41 Å². The smallest absolute Gasteiger partial charge is 0.230 e. The van der Waals surface area contributed by atoms with E-state index in [2.05, 4.69) is 34.1 Å². The van der Waals surface area contributed by atoms with Crippen LogP contribution in [-0.2, 0) is 4.79 Å². The highest BCUT2D eigenvalue weighted by Gasteiger charge is 2.50. The molecule has 1 amide bonds. The van der Waals surface area contributed by atoms with E-state index in [0.717, 1.165) is 76.0 Å². The Morgan fingerprint density at radius 3 is 2.47 bits per heavy atom. The van der Waals surface area contributed by atoms with Gasteiger partial charge in [-0.05, 0) is 62.6 Å². The first-order valence-corrected chi connectivity index (χ1v) is 11.4. The molecule has 3 heterocycles. The van der Waals surface area contributed by atoms with Gasteiger partial charge in [-0.2, -0.15) is 0 Å². The summed E-state index contributed by atoms with van der Waals surface area (Å²) in [5.74, 6) is 1.32. The van der Waals surface area contributed by atoms with E-state index >= 15 is 0 Å². The Hall–Kier alpha value is -2.40. The molecule has 2 aliphatic heterocycles. The number of aliphatic hydroxyl groups is 1. The molecule has 0 unspecified atom stereocenters. The molecule has 3 fully saturated rings. The summed E-state index contributed by atoms with van der Waals surface area (Å²) in [6, 6.07) is 14.9.